The number of piperazine rings is 1. The van der Waals surface area contributed by atoms with Crippen LogP contribution in [0.1, 0.15) is 23.8 Å². The van der Waals surface area contributed by atoms with E-state index in [4.69, 9.17) is 4.74 Å². The molecule has 0 aliphatic carbocycles. The average Bonchev–Trinajstić information content (AvgIpc) is 3.23. The van der Waals surface area contributed by atoms with E-state index in [0.29, 0.717) is 13.1 Å². The van der Waals surface area contributed by atoms with Crippen LogP contribution in [0, 0.1) is 0 Å². The summed E-state index contributed by atoms with van der Waals surface area (Å²) in [6.07, 6.45) is 2.33. The predicted octanol–water partition coefficient (Wildman–Crippen LogP) is -0.130. The summed E-state index contributed by atoms with van der Waals surface area (Å²) in [5.41, 5.74) is 0.248. The number of hydrogen-bond acceptors (Lipinski definition) is 6. The maximum atomic E-state index is 12.9. The van der Waals surface area contributed by atoms with Crippen LogP contribution in [0.15, 0.2) is 17.2 Å². The maximum Gasteiger partial charge on any atom is 0.354 e. The van der Waals surface area contributed by atoms with E-state index in [1.165, 1.54) is 21.1 Å². The first-order valence-corrected chi connectivity index (χ1v) is 10.2. The molecule has 8 nitrogen and oxygen atoms in total. The molecule has 1 atom stereocenters. The molecule has 1 aromatic rings. The highest BCUT2D eigenvalue weighted by atomic mass is 32.2. The first-order chi connectivity index (χ1) is 11.9. The Morgan fingerprint density at radius 2 is 2.04 bits per heavy atom. The number of nitrogens with zero attached hydrogens (tertiary/aromatic N) is 3. The maximum absolute atomic E-state index is 12.9. The summed E-state index contributed by atoms with van der Waals surface area (Å²) in [6.45, 7) is 6.81. The molecule has 2 fully saturated rings. The molecule has 0 radical (unpaired) electrons. The topological polar surface area (TPSA) is 83.9 Å². The highest BCUT2D eigenvalue weighted by Crippen LogP contribution is 2.25. The number of carbonyl (C=O) groups is 1. The van der Waals surface area contributed by atoms with Crippen molar-refractivity contribution in [2.75, 3.05) is 45.9 Å². The normalized spacial score (nSPS) is 23.0. The molecule has 0 saturated carbocycles. The zero-order valence-electron chi connectivity index (χ0n) is 14.8. The minimum atomic E-state index is -3.60. The Balaban J connectivity index is 1.74. The molecule has 25 heavy (non-hydrogen) atoms. The monoisotopic (exact) mass is 370 g/mol. The molecular weight excluding hydrogens is 344 g/mol. The van der Waals surface area contributed by atoms with Gasteiger partial charge in [0, 0.05) is 58.6 Å². The Morgan fingerprint density at radius 3 is 2.72 bits per heavy atom. The van der Waals surface area contributed by atoms with Crippen molar-refractivity contribution < 1.29 is 17.9 Å². The molecule has 2 aliphatic rings. The van der Waals surface area contributed by atoms with E-state index in [9.17, 15) is 13.2 Å². The zero-order valence-corrected chi connectivity index (χ0v) is 15.6. The van der Waals surface area contributed by atoms with E-state index in [0.717, 1.165) is 32.6 Å². The van der Waals surface area contributed by atoms with Crippen LogP contribution >= 0.6 is 0 Å². The van der Waals surface area contributed by atoms with Gasteiger partial charge in [-0.1, -0.05) is 0 Å². The smallest absolute Gasteiger partial charge is 0.354 e. The van der Waals surface area contributed by atoms with Crippen molar-refractivity contribution in [2.45, 2.75) is 24.3 Å². The highest BCUT2D eigenvalue weighted by Gasteiger charge is 2.36. The molecule has 3 heterocycles. The lowest BCUT2D eigenvalue weighted by Crippen LogP contribution is -2.49. The van der Waals surface area contributed by atoms with E-state index in [1.807, 2.05) is 0 Å². The SMILES string of the molecule is CCOC(=O)c1cc(S(=O)(=O)N2CCC(N3CCNCC3)C2)cn1C. The molecule has 0 amide bonds. The van der Waals surface area contributed by atoms with Crippen molar-refractivity contribution >= 4 is 16.0 Å². The Labute approximate surface area is 148 Å². The van der Waals surface area contributed by atoms with E-state index < -0.39 is 16.0 Å². The quantitative estimate of drug-likeness (QED) is 0.727. The van der Waals surface area contributed by atoms with Crippen LogP contribution in [0.5, 0.6) is 0 Å². The number of rotatable bonds is 5. The second-order valence-corrected chi connectivity index (χ2v) is 8.42. The molecule has 0 spiro atoms. The number of esters is 1. The molecule has 0 aromatic carbocycles. The average molecular weight is 370 g/mol. The van der Waals surface area contributed by atoms with Gasteiger partial charge in [-0.3, -0.25) is 4.90 Å². The summed E-state index contributed by atoms with van der Waals surface area (Å²) in [7, 11) is -1.95. The number of hydrogen-bond donors (Lipinski definition) is 1. The minimum absolute atomic E-state index is 0.152. The van der Waals surface area contributed by atoms with Gasteiger partial charge in [0.05, 0.1) is 6.61 Å². The summed E-state index contributed by atoms with van der Waals surface area (Å²) in [6, 6.07) is 1.68. The summed E-state index contributed by atoms with van der Waals surface area (Å²) in [5.74, 6) is -0.508. The first-order valence-electron chi connectivity index (χ1n) is 8.72. The number of ether oxygens (including phenoxy) is 1. The van der Waals surface area contributed by atoms with Gasteiger partial charge >= 0.3 is 5.97 Å². The molecule has 1 aromatic heterocycles. The van der Waals surface area contributed by atoms with Crippen LogP contribution in [-0.2, 0) is 21.8 Å². The van der Waals surface area contributed by atoms with Gasteiger partial charge in [-0.15, -0.1) is 0 Å². The van der Waals surface area contributed by atoms with Crippen LogP contribution in [0.25, 0.3) is 0 Å². The van der Waals surface area contributed by atoms with Crippen molar-refractivity contribution in [3.05, 3.63) is 18.0 Å². The van der Waals surface area contributed by atoms with E-state index in [1.54, 1.807) is 14.0 Å². The van der Waals surface area contributed by atoms with Gasteiger partial charge < -0.3 is 14.6 Å². The Morgan fingerprint density at radius 1 is 1.32 bits per heavy atom. The molecule has 140 valence electrons. The predicted molar refractivity (Wildman–Crippen MR) is 93.0 cm³/mol. The fraction of sp³-hybridized carbons (Fsp3) is 0.688. The van der Waals surface area contributed by atoms with Crippen LogP contribution in [0.2, 0.25) is 0 Å². The van der Waals surface area contributed by atoms with E-state index in [-0.39, 0.29) is 23.2 Å². The number of carbonyl (C=O) groups excluding carboxylic acids is 1. The van der Waals surface area contributed by atoms with Gasteiger partial charge in [0.15, 0.2) is 0 Å². The van der Waals surface area contributed by atoms with Gasteiger partial charge in [-0.05, 0) is 19.4 Å². The number of aromatic nitrogens is 1. The van der Waals surface area contributed by atoms with Crippen molar-refractivity contribution in [3.63, 3.8) is 0 Å². The fourth-order valence-electron chi connectivity index (χ4n) is 3.51. The standard InChI is InChI=1S/C16H26N4O4S/c1-3-24-16(21)15-10-14(12-18(15)2)25(22,23)20-7-4-13(11-20)19-8-5-17-6-9-19/h10,12-13,17H,3-9,11H2,1-2H3. The number of sulfonamides is 1. The van der Waals surface area contributed by atoms with Crippen molar-refractivity contribution in [1.29, 1.82) is 0 Å². The van der Waals surface area contributed by atoms with Crippen LogP contribution in [0.4, 0.5) is 0 Å². The summed E-state index contributed by atoms with van der Waals surface area (Å²) < 4.78 is 33.9. The Hall–Kier alpha value is -1.42. The largest absolute Gasteiger partial charge is 0.461 e. The summed E-state index contributed by atoms with van der Waals surface area (Å²) >= 11 is 0. The molecule has 1 unspecified atom stereocenters. The molecule has 0 bridgehead atoms. The summed E-state index contributed by atoms with van der Waals surface area (Å²) in [5, 5.41) is 3.32. The zero-order chi connectivity index (χ0) is 18.0. The first kappa shape index (κ1) is 18.4. The lowest BCUT2D eigenvalue weighted by atomic mass is 10.2. The van der Waals surface area contributed by atoms with Gasteiger partial charge in [-0.25, -0.2) is 13.2 Å². The second-order valence-electron chi connectivity index (χ2n) is 6.48. The fourth-order valence-corrected chi connectivity index (χ4v) is 5.07. The highest BCUT2D eigenvalue weighted by molar-refractivity contribution is 7.89. The van der Waals surface area contributed by atoms with Crippen LogP contribution < -0.4 is 5.32 Å². The van der Waals surface area contributed by atoms with Crippen LogP contribution in [0.3, 0.4) is 0 Å². The Kier molecular flexibility index (Phi) is 5.47. The third kappa shape index (κ3) is 3.74. The van der Waals surface area contributed by atoms with Crippen LogP contribution in [-0.4, -0.2) is 80.1 Å². The van der Waals surface area contributed by atoms with Gasteiger partial charge in [0.1, 0.15) is 10.6 Å². The number of nitrogens with one attached hydrogen (secondary N) is 1. The van der Waals surface area contributed by atoms with Crippen molar-refractivity contribution in [1.82, 2.24) is 19.1 Å². The van der Waals surface area contributed by atoms with Crippen molar-refractivity contribution in [2.24, 2.45) is 7.05 Å². The third-order valence-electron chi connectivity index (χ3n) is 4.90. The lowest BCUT2D eigenvalue weighted by Gasteiger charge is -2.32. The molecule has 2 saturated heterocycles. The Bertz CT molecular complexity index is 724. The second kappa shape index (κ2) is 7.45. The van der Waals surface area contributed by atoms with Gasteiger partial charge in [-0.2, -0.15) is 4.31 Å². The minimum Gasteiger partial charge on any atom is -0.461 e. The summed E-state index contributed by atoms with van der Waals surface area (Å²) in [4.78, 5) is 14.4. The molecular formula is C16H26N4O4S. The van der Waals surface area contributed by atoms with Gasteiger partial charge in [0.2, 0.25) is 10.0 Å². The third-order valence-corrected chi connectivity index (χ3v) is 6.73. The van der Waals surface area contributed by atoms with E-state index in [2.05, 4.69) is 10.2 Å². The number of aryl methyl sites for hydroxylation is 1. The molecule has 2 aliphatic heterocycles. The van der Waals surface area contributed by atoms with Gasteiger partial charge in [0.25, 0.3) is 0 Å². The lowest BCUT2D eigenvalue weighted by molar-refractivity contribution is 0.0515. The molecule has 9 heteroatoms. The molecule has 3 rings (SSSR count). The van der Waals surface area contributed by atoms with Crippen molar-refractivity contribution in [3.8, 4) is 0 Å². The molecule has 1 N–H and O–H groups in total. The van der Waals surface area contributed by atoms with E-state index >= 15 is 0 Å².